The zero-order chi connectivity index (χ0) is 10.6. The highest BCUT2D eigenvalue weighted by Gasteiger charge is 2.07. The standard InChI is InChI=1S/C9H12N2O2S/c1-7(10-2)3-4-8-5-9(11(12)13)14-6-8/h3-7,10H,1-2H3/b4-3+. The van der Waals surface area contributed by atoms with Crippen LogP contribution in [0.3, 0.4) is 0 Å². The van der Waals surface area contributed by atoms with Crippen molar-refractivity contribution in [1.82, 2.24) is 5.32 Å². The molecule has 1 aromatic heterocycles. The van der Waals surface area contributed by atoms with Gasteiger partial charge in [-0.05, 0) is 19.5 Å². The Kier molecular flexibility index (Phi) is 3.79. The third kappa shape index (κ3) is 2.93. The maximum atomic E-state index is 10.4. The minimum absolute atomic E-state index is 0.182. The van der Waals surface area contributed by atoms with Crippen LogP contribution in [0.25, 0.3) is 6.08 Å². The molecule has 1 heterocycles. The van der Waals surface area contributed by atoms with Gasteiger partial charge in [0.05, 0.1) is 4.92 Å². The van der Waals surface area contributed by atoms with Crippen LogP contribution in [0, 0.1) is 10.1 Å². The summed E-state index contributed by atoms with van der Waals surface area (Å²) in [6, 6.07) is 1.85. The summed E-state index contributed by atoms with van der Waals surface area (Å²) in [4.78, 5) is 10.0. The maximum absolute atomic E-state index is 10.4. The first-order valence-corrected chi connectivity index (χ1v) is 5.10. The summed E-state index contributed by atoms with van der Waals surface area (Å²) in [5.74, 6) is 0. The van der Waals surface area contributed by atoms with Crippen LogP contribution < -0.4 is 5.32 Å². The van der Waals surface area contributed by atoms with E-state index in [9.17, 15) is 10.1 Å². The van der Waals surface area contributed by atoms with Gasteiger partial charge in [-0.25, -0.2) is 0 Å². The van der Waals surface area contributed by atoms with Crippen LogP contribution >= 0.6 is 11.3 Å². The van der Waals surface area contributed by atoms with Gasteiger partial charge in [-0.3, -0.25) is 10.1 Å². The molecule has 0 saturated carbocycles. The lowest BCUT2D eigenvalue weighted by Crippen LogP contribution is -2.17. The minimum Gasteiger partial charge on any atom is -0.314 e. The predicted octanol–water partition coefficient (Wildman–Crippen LogP) is 2.28. The van der Waals surface area contributed by atoms with Crippen molar-refractivity contribution in [3.8, 4) is 0 Å². The highest BCUT2D eigenvalue weighted by Crippen LogP contribution is 2.23. The number of thiophene rings is 1. The molecule has 5 heteroatoms. The van der Waals surface area contributed by atoms with E-state index in [2.05, 4.69) is 5.32 Å². The molecule has 0 aliphatic heterocycles. The van der Waals surface area contributed by atoms with Gasteiger partial charge in [0.2, 0.25) is 0 Å². The van der Waals surface area contributed by atoms with E-state index >= 15 is 0 Å². The summed E-state index contributed by atoms with van der Waals surface area (Å²) >= 11 is 1.15. The summed E-state index contributed by atoms with van der Waals surface area (Å²) in [5, 5.41) is 15.4. The molecule has 14 heavy (non-hydrogen) atoms. The first kappa shape index (κ1) is 10.9. The molecule has 0 bridgehead atoms. The number of hydrogen-bond donors (Lipinski definition) is 1. The highest BCUT2D eigenvalue weighted by atomic mass is 32.1. The molecule has 1 rings (SSSR count). The van der Waals surface area contributed by atoms with Gasteiger partial charge in [0, 0.05) is 17.5 Å². The monoisotopic (exact) mass is 212 g/mol. The largest absolute Gasteiger partial charge is 0.324 e. The fourth-order valence-corrected chi connectivity index (χ4v) is 1.57. The SMILES string of the molecule is CNC(C)/C=C/c1csc([N+](=O)[O-])c1. The second kappa shape index (κ2) is 4.88. The second-order valence-electron chi connectivity index (χ2n) is 2.91. The van der Waals surface area contributed by atoms with Crippen molar-refractivity contribution < 1.29 is 4.92 Å². The van der Waals surface area contributed by atoms with Crippen molar-refractivity contribution in [2.24, 2.45) is 0 Å². The van der Waals surface area contributed by atoms with Gasteiger partial charge >= 0.3 is 5.00 Å². The second-order valence-corrected chi connectivity index (χ2v) is 3.80. The molecule has 0 spiro atoms. The average Bonchev–Trinajstić information content (AvgIpc) is 2.62. The van der Waals surface area contributed by atoms with Crippen LogP contribution in [0.1, 0.15) is 12.5 Å². The van der Waals surface area contributed by atoms with Crippen molar-refractivity contribution in [1.29, 1.82) is 0 Å². The molecule has 4 nitrogen and oxygen atoms in total. The number of likely N-dealkylation sites (N-methyl/N-ethyl adjacent to an activating group) is 1. The Morgan fingerprint density at radius 2 is 2.43 bits per heavy atom. The number of hydrogen-bond acceptors (Lipinski definition) is 4. The Labute approximate surface area is 86.4 Å². The Bertz CT molecular complexity index is 346. The summed E-state index contributed by atoms with van der Waals surface area (Å²) in [5.41, 5.74) is 0.879. The topological polar surface area (TPSA) is 55.2 Å². The molecule has 76 valence electrons. The van der Waals surface area contributed by atoms with E-state index in [-0.39, 0.29) is 16.0 Å². The molecule has 0 fully saturated rings. The van der Waals surface area contributed by atoms with Gasteiger partial charge in [0.25, 0.3) is 0 Å². The molecule has 1 atom stereocenters. The van der Waals surface area contributed by atoms with E-state index in [4.69, 9.17) is 0 Å². The molecule has 0 radical (unpaired) electrons. The van der Waals surface area contributed by atoms with Gasteiger partial charge in [-0.15, -0.1) is 0 Å². The van der Waals surface area contributed by atoms with Gasteiger partial charge in [-0.1, -0.05) is 23.5 Å². The van der Waals surface area contributed by atoms with Crippen LogP contribution in [0.2, 0.25) is 0 Å². The fraction of sp³-hybridized carbons (Fsp3) is 0.333. The number of nitrogens with zero attached hydrogens (tertiary/aromatic N) is 1. The summed E-state index contributed by atoms with van der Waals surface area (Å²) in [7, 11) is 1.87. The molecule has 0 saturated heterocycles. The first-order chi connectivity index (χ1) is 6.63. The lowest BCUT2D eigenvalue weighted by atomic mass is 10.2. The third-order valence-corrected chi connectivity index (χ3v) is 2.72. The highest BCUT2D eigenvalue weighted by molar-refractivity contribution is 7.13. The Morgan fingerprint density at radius 3 is 2.93 bits per heavy atom. The first-order valence-electron chi connectivity index (χ1n) is 4.22. The summed E-state index contributed by atoms with van der Waals surface area (Å²) in [6.07, 6.45) is 3.84. The third-order valence-electron chi connectivity index (χ3n) is 1.82. The molecule has 1 N–H and O–H groups in total. The van der Waals surface area contributed by atoms with Crippen molar-refractivity contribution in [2.45, 2.75) is 13.0 Å². The fourth-order valence-electron chi connectivity index (χ4n) is 0.874. The van der Waals surface area contributed by atoms with Gasteiger partial charge in [-0.2, -0.15) is 0 Å². The van der Waals surface area contributed by atoms with Crippen LogP contribution in [0.4, 0.5) is 5.00 Å². The number of nitro groups is 1. The quantitative estimate of drug-likeness (QED) is 0.615. The molecule has 0 amide bonds. The lowest BCUT2D eigenvalue weighted by Gasteiger charge is -2.00. The Morgan fingerprint density at radius 1 is 1.71 bits per heavy atom. The molecule has 1 unspecified atom stereocenters. The molecular formula is C9H12N2O2S. The van der Waals surface area contributed by atoms with E-state index in [0.29, 0.717) is 0 Å². The van der Waals surface area contributed by atoms with Crippen LogP contribution in [0.15, 0.2) is 17.5 Å². The minimum atomic E-state index is -0.372. The van der Waals surface area contributed by atoms with Crippen molar-refractivity contribution in [3.05, 3.63) is 33.2 Å². The van der Waals surface area contributed by atoms with Gasteiger partial charge in [0.1, 0.15) is 0 Å². The van der Waals surface area contributed by atoms with Crippen LogP contribution in [-0.4, -0.2) is 18.0 Å². The predicted molar refractivity (Wildman–Crippen MR) is 58.5 cm³/mol. The van der Waals surface area contributed by atoms with E-state index in [1.54, 1.807) is 11.4 Å². The number of rotatable bonds is 4. The van der Waals surface area contributed by atoms with Crippen LogP contribution in [-0.2, 0) is 0 Å². The normalized spacial score (nSPS) is 13.3. The number of nitrogens with one attached hydrogen (secondary N) is 1. The van der Waals surface area contributed by atoms with E-state index in [1.807, 2.05) is 26.1 Å². The zero-order valence-corrected chi connectivity index (χ0v) is 8.88. The molecule has 0 aliphatic rings. The summed E-state index contributed by atoms with van der Waals surface area (Å²) < 4.78 is 0. The average molecular weight is 212 g/mol. The van der Waals surface area contributed by atoms with Gasteiger partial charge in [0.15, 0.2) is 0 Å². The molecule has 1 aromatic rings. The van der Waals surface area contributed by atoms with Gasteiger partial charge < -0.3 is 5.32 Å². The van der Waals surface area contributed by atoms with Crippen molar-refractivity contribution >= 4 is 22.4 Å². The van der Waals surface area contributed by atoms with E-state index in [1.165, 1.54) is 0 Å². The molecular weight excluding hydrogens is 200 g/mol. The Balaban J connectivity index is 2.68. The molecule has 0 aromatic carbocycles. The smallest absolute Gasteiger partial charge is 0.314 e. The molecule has 0 aliphatic carbocycles. The van der Waals surface area contributed by atoms with E-state index < -0.39 is 0 Å². The maximum Gasteiger partial charge on any atom is 0.324 e. The summed E-state index contributed by atoms with van der Waals surface area (Å²) in [6.45, 7) is 2.01. The Hall–Kier alpha value is -1.20. The van der Waals surface area contributed by atoms with Crippen molar-refractivity contribution in [3.63, 3.8) is 0 Å². The van der Waals surface area contributed by atoms with E-state index in [0.717, 1.165) is 16.9 Å². The zero-order valence-electron chi connectivity index (χ0n) is 8.06. The lowest BCUT2D eigenvalue weighted by molar-refractivity contribution is -0.380. The van der Waals surface area contributed by atoms with Crippen molar-refractivity contribution in [2.75, 3.05) is 7.05 Å². The van der Waals surface area contributed by atoms with Crippen LogP contribution in [0.5, 0.6) is 0 Å².